The van der Waals surface area contributed by atoms with E-state index in [1.54, 1.807) is 4.90 Å². The van der Waals surface area contributed by atoms with Crippen LogP contribution in [0.15, 0.2) is 0 Å². The summed E-state index contributed by atoms with van der Waals surface area (Å²) in [5, 5.41) is 0. The molecule has 100 valence electrons. The quantitative estimate of drug-likeness (QED) is 0.756. The molecule has 2 heterocycles. The molecule has 2 saturated heterocycles. The van der Waals surface area contributed by atoms with E-state index in [-0.39, 0.29) is 18.4 Å². The van der Waals surface area contributed by atoms with Crippen molar-refractivity contribution in [1.82, 2.24) is 9.80 Å². The average molecular weight is 251 g/mol. The number of hydrogen-bond donors (Lipinski definition) is 1. The largest absolute Gasteiger partial charge is 0.338 e. The number of rotatable bonds is 2. The minimum atomic E-state index is -0.544. The van der Waals surface area contributed by atoms with Gasteiger partial charge in [-0.05, 0) is 38.5 Å². The van der Waals surface area contributed by atoms with Crippen LogP contribution in [0.25, 0.3) is 0 Å². The lowest BCUT2D eigenvalue weighted by atomic mass is 9.85. The number of nitrogens with two attached hydrogens (primary N) is 1. The van der Waals surface area contributed by atoms with Gasteiger partial charge in [0.15, 0.2) is 0 Å². The van der Waals surface area contributed by atoms with Gasteiger partial charge in [-0.1, -0.05) is 0 Å². The van der Waals surface area contributed by atoms with Gasteiger partial charge in [0.2, 0.25) is 11.8 Å². The van der Waals surface area contributed by atoms with Gasteiger partial charge >= 0.3 is 0 Å². The summed E-state index contributed by atoms with van der Waals surface area (Å²) in [5.74, 6) is 0.119. The summed E-state index contributed by atoms with van der Waals surface area (Å²) in [6.07, 6.45) is 5.84. The second-order valence-electron chi connectivity index (χ2n) is 5.72. The van der Waals surface area contributed by atoms with Crippen LogP contribution in [0.4, 0.5) is 0 Å². The standard InChI is InChI=1S/C13H21N3O2/c14-9-11(17)16-8-2-6-13(16)5-1-7-15(12(13)18)10-3-4-10/h10H,1-9,14H2. The Bertz CT molecular complexity index is 380. The van der Waals surface area contributed by atoms with Crippen LogP contribution in [0.2, 0.25) is 0 Å². The first-order valence-electron chi connectivity index (χ1n) is 7.01. The van der Waals surface area contributed by atoms with E-state index < -0.39 is 5.54 Å². The molecule has 0 aromatic heterocycles. The Labute approximate surface area is 107 Å². The van der Waals surface area contributed by atoms with E-state index in [2.05, 4.69) is 0 Å². The zero-order valence-electron chi connectivity index (χ0n) is 10.7. The smallest absolute Gasteiger partial charge is 0.248 e. The zero-order valence-corrected chi connectivity index (χ0v) is 10.7. The van der Waals surface area contributed by atoms with Crippen molar-refractivity contribution in [1.29, 1.82) is 0 Å². The van der Waals surface area contributed by atoms with Crippen LogP contribution in [-0.2, 0) is 9.59 Å². The Kier molecular flexibility index (Phi) is 2.81. The van der Waals surface area contributed by atoms with Gasteiger partial charge in [0.1, 0.15) is 5.54 Å². The second kappa shape index (κ2) is 4.23. The van der Waals surface area contributed by atoms with E-state index in [4.69, 9.17) is 5.73 Å². The fourth-order valence-corrected chi connectivity index (χ4v) is 3.59. The summed E-state index contributed by atoms with van der Waals surface area (Å²) in [7, 11) is 0. The van der Waals surface area contributed by atoms with Crippen LogP contribution in [0.5, 0.6) is 0 Å². The van der Waals surface area contributed by atoms with Crippen LogP contribution in [0, 0.1) is 0 Å². The molecule has 1 atom stereocenters. The van der Waals surface area contributed by atoms with Gasteiger partial charge in [-0.15, -0.1) is 0 Å². The first-order chi connectivity index (χ1) is 8.69. The van der Waals surface area contributed by atoms with Crippen molar-refractivity contribution in [3.05, 3.63) is 0 Å². The molecule has 5 heteroatoms. The van der Waals surface area contributed by atoms with Crippen molar-refractivity contribution in [2.75, 3.05) is 19.6 Å². The summed E-state index contributed by atoms with van der Waals surface area (Å²) in [6, 6.07) is 0.449. The lowest BCUT2D eigenvalue weighted by Gasteiger charge is -2.44. The number of piperidine rings is 1. The molecule has 3 aliphatic rings. The maximum absolute atomic E-state index is 12.8. The molecule has 1 spiro atoms. The predicted molar refractivity (Wildman–Crippen MR) is 66.7 cm³/mol. The molecule has 5 nitrogen and oxygen atoms in total. The van der Waals surface area contributed by atoms with Gasteiger partial charge in [-0.2, -0.15) is 0 Å². The maximum atomic E-state index is 12.8. The van der Waals surface area contributed by atoms with E-state index in [1.165, 1.54) is 0 Å². The fraction of sp³-hybridized carbons (Fsp3) is 0.846. The summed E-state index contributed by atoms with van der Waals surface area (Å²) in [6.45, 7) is 1.58. The average Bonchev–Trinajstić information content (AvgIpc) is 3.13. The Hall–Kier alpha value is -1.10. The highest BCUT2D eigenvalue weighted by atomic mass is 16.2. The predicted octanol–water partition coefficient (Wildman–Crippen LogP) is 0.0911. The molecule has 2 N–H and O–H groups in total. The Morgan fingerprint density at radius 3 is 2.56 bits per heavy atom. The number of likely N-dealkylation sites (tertiary alicyclic amines) is 2. The number of carbonyl (C=O) groups excluding carboxylic acids is 2. The minimum absolute atomic E-state index is 0.0124. The summed E-state index contributed by atoms with van der Waals surface area (Å²) in [5.41, 5.74) is 4.93. The molecule has 0 radical (unpaired) electrons. The highest BCUT2D eigenvalue weighted by Gasteiger charge is 2.54. The highest BCUT2D eigenvalue weighted by molar-refractivity contribution is 5.93. The van der Waals surface area contributed by atoms with E-state index in [9.17, 15) is 9.59 Å². The number of hydrogen-bond acceptors (Lipinski definition) is 3. The third-order valence-electron chi connectivity index (χ3n) is 4.60. The normalized spacial score (nSPS) is 32.4. The van der Waals surface area contributed by atoms with E-state index >= 15 is 0 Å². The summed E-state index contributed by atoms with van der Waals surface area (Å²) < 4.78 is 0. The van der Waals surface area contributed by atoms with Crippen LogP contribution in [-0.4, -0.2) is 52.8 Å². The fourth-order valence-electron chi connectivity index (χ4n) is 3.59. The topological polar surface area (TPSA) is 66.6 Å². The molecule has 0 aromatic rings. The molecule has 18 heavy (non-hydrogen) atoms. The number of nitrogens with zero attached hydrogens (tertiary/aromatic N) is 2. The molecule has 0 bridgehead atoms. The van der Waals surface area contributed by atoms with Crippen molar-refractivity contribution < 1.29 is 9.59 Å². The summed E-state index contributed by atoms with van der Waals surface area (Å²) in [4.78, 5) is 28.5. The van der Waals surface area contributed by atoms with Gasteiger partial charge in [-0.25, -0.2) is 0 Å². The lowest BCUT2D eigenvalue weighted by Crippen LogP contribution is -2.62. The molecule has 3 rings (SSSR count). The first-order valence-corrected chi connectivity index (χ1v) is 7.01. The highest BCUT2D eigenvalue weighted by Crippen LogP contribution is 2.41. The molecule has 1 aliphatic carbocycles. The minimum Gasteiger partial charge on any atom is -0.338 e. The van der Waals surface area contributed by atoms with Crippen molar-refractivity contribution in [2.24, 2.45) is 5.73 Å². The van der Waals surface area contributed by atoms with Crippen LogP contribution < -0.4 is 5.73 Å². The number of amides is 2. The Morgan fingerprint density at radius 1 is 1.28 bits per heavy atom. The van der Waals surface area contributed by atoms with Crippen molar-refractivity contribution in [2.45, 2.75) is 50.1 Å². The molecular formula is C13H21N3O2. The van der Waals surface area contributed by atoms with Gasteiger partial charge in [0.05, 0.1) is 6.54 Å². The van der Waals surface area contributed by atoms with E-state index in [1.807, 2.05) is 4.90 Å². The molecule has 2 aliphatic heterocycles. The van der Waals surface area contributed by atoms with Crippen LogP contribution in [0.3, 0.4) is 0 Å². The molecule has 1 saturated carbocycles. The molecule has 1 unspecified atom stereocenters. The van der Waals surface area contributed by atoms with E-state index in [0.717, 1.165) is 45.1 Å². The zero-order chi connectivity index (χ0) is 12.8. The first kappa shape index (κ1) is 12.0. The van der Waals surface area contributed by atoms with Crippen molar-refractivity contribution in [3.8, 4) is 0 Å². The van der Waals surface area contributed by atoms with E-state index in [0.29, 0.717) is 12.6 Å². The SMILES string of the molecule is NCC(=O)N1CCCC12CCCN(C1CC1)C2=O. The van der Waals surface area contributed by atoms with Gasteiger partial charge in [-0.3, -0.25) is 9.59 Å². The Balaban J connectivity index is 1.87. The van der Waals surface area contributed by atoms with Crippen LogP contribution in [0.1, 0.15) is 38.5 Å². The monoisotopic (exact) mass is 251 g/mol. The van der Waals surface area contributed by atoms with Crippen molar-refractivity contribution >= 4 is 11.8 Å². The van der Waals surface area contributed by atoms with Crippen molar-refractivity contribution in [3.63, 3.8) is 0 Å². The molecule has 0 aromatic carbocycles. The second-order valence-corrected chi connectivity index (χ2v) is 5.72. The van der Waals surface area contributed by atoms with Gasteiger partial charge < -0.3 is 15.5 Å². The van der Waals surface area contributed by atoms with Crippen LogP contribution >= 0.6 is 0 Å². The third-order valence-corrected chi connectivity index (χ3v) is 4.60. The van der Waals surface area contributed by atoms with Gasteiger partial charge in [0, 0.05) is 19.1 Å². The third kappa shape index (κ3) is 1.64. The molecular weight excluding hydrogens is 230 g/mol. The Morgan fingerprint density at radius 2 is 1.94 bits per heavy atom. The molecule has 3 fully saturated rings. The molecule has 2 amide bonds. The maximum Gasteiger partial charge on any atom is 0.248 e. The number of carbonyl (C=O) groups is 2. The van der Waals surface area contributed by atoms with Gasteiger partial charge in [0.25, 0.3) is 0 Å². The summed E-state index contributed by atoms with van der Waals surface area (Å²) >= 11 is 0. The lowest BCUT2D eigenvalue weighted by molar-refractivity contribution is -0.155.